The maximum absolute atomic E-state index is 12.9. The zero-order chi connectivity index (χ0) is 33.0. The Hall–Kier alpha value is -4.38. The minimum absolute atomic E-state index is 0.00290. The third kappa shape index (κ3) is 8.55. The molecule has 5 atom stereocenters. The van der Waals surface area contributed by atoms with Crippen LogP contribution in [0.1, 0.15) is 35.6 Å². The van der Waals surface area contributed by atoms with E-state index in [9.17, 15) is 4.79 Å². The molecule has 1 saturated heterocycles. The number of ether oxygens (including phenoxy) is 6. The molecule has 4 aromatic carbocycles. The summed E-state index contributed by atoms with van der Waals surface area (Å²) in [4.78, 5) is 19.0. The summed E-state index contributed by atoms with van der Waals surface area (Å²) in [6, 6.07) is 39.6. The molecule has 0 aromatic heterocycles. The summed E-state index contributed by atoms with van der Waals surface area (Å²) < 4.78 is 38.5. The van der Waals surface area contributed by atoms with Crippen molar-refractivity contribution in [3.05, 3.63) is 144 Å². The molecule has 0 bridgehead atoms. The van der Waals surface area contributed by atoms with Gasteiger partial charge in [0.1, 0.15) is 18.3 Å². The van der Waals surface area contributed by atoms with E-state index >= 15 is 0 Å². The lowest BCUT2D eigenvalue weighted by Crippen LogP contribution is -2.67. The van der Waals surface area contributed by atoms with Crippen molar-refractivity contribution >= 4 is 11.7 Å². The first-order valence-corrected chi connectivity index (χ1v) is 16.3. The van der Waals surface area contributed by atoms with E-state index in [2.05, 4.69) is 5.16 Å². The molecule has 9 nitrogen and oxygen atoms in total. The topological polar surface area (TPSA) is 94.0 Å². The van der Waals surface area contributed by atoms with Crippen molar-refractivity contribution in [3.63, 3.8) is 0 Å². The third-order valence-corrected chi connectivity index (χ3v) is 8.24. The highest BCUT2D eigenvalue weighted by atomic mass is 16.8. The van der Waals surface area contributed by atoms with E-state index in [0.29, 0.717) is 13.2 Å². The fraction of sp³-hybridized carbons (Fsp3) is 0.333. The highest BCUT2D eigenvalue weighted by Crippen LogP contribution is 2.42. The predicted molar refractivity (Wildman–Crippen MR) is 179 cm³/mol. The molecule has 0 radical (unpaired) electrons. The Bertz CT molecular complexity index is 1590. The average molecular weight is 652 g/mol. The number of carbonyl (C=O) groups is 1. The van der Waals surface area contributed by atoms with E-state index in [4.69, 9.17) is 33.3 Å². The molecule has 2 heterocycles. The van der Waals surface area contributed by atoms with Gasteiger partial charge in [0.05, 0.1) is 46.1 Å². The van der Waals surface area contributed by atoms with Crippen molar-refractivity contribution in [2.45, 2.75) is 70.0 Å². The molecule has 2 aliphatic heterocycles. The Morgan fingerprint density at radius 3 is 1.69 bits per heavy atom. The summed E-state index contributed by atoms with van der Waals surface area (Å²) in [5.74, 6) is -2.08. The van der Waals surface area contributed by atoms with E-state index in [-0.39, 0.29) is 38.6 Å². The molecule has 0 unspecified atom stereocenters. The third-order valence-electron chi connectivity index (χ3n) is 8.24. The van der Waals surface area contributed by atoms with E-state index < -0.39 is 36.2 Å². The van der Waals surface area contributed by atoms with Crippen LogP contribution in [-0.2, 0) is 64.5 Å². The van der Waals surface area contributed by atoms with Gasteiger partial charge in [-0.3, -0.25) is 0 Å². The van der Waals surface area contributed by atoms with Crippen LogP contribution in [0.4, 0.5) is 0 Å². The number of rotatable bonds is 15. The van der Waals surface area contributed by atoms with Crippen LogP contribution in [0.15, 0.2) is 126 Å². The monoisotopic (exact) mass is 651 g/mol. The molecule has 1 fully saturated rings. The van der Waals surface area contributed by atoms with Crippen molar-refractivity contribution in [3.8, 4) is 0 Å². The van der Waals surface area contributed by atoms with Crippen molar-refractivity contribution in [2.24, 2.45) is 5.16 Å². The van der Waals surface area contributed by atoms with Gasteiger partial charge in [0.2, 0.25) is 0 Å². The summed E-state index contributed by atoms with van der Waals surface area (Å²) in [5, 5.41) is 4.17. The van der Waals surface area contributed by atoms with Gasteiger partial charge in [0.15, 0.2) is 11.8 Å². The standard InChI is InChI=1S/C39H41NO8/c1-2-43-38(41)33-23-39(48-40-33)37(46-27-32-21-13-6-14-22-32)36(45-26-31-19-11-5-12-20-31)35(44-25-30-17-9-4-10-18-30)34(47-39)28-42-24-29-15-7-3-8-16-29/h3-22,34-37H,2,23-28H2,1H3/t34-,35+,36+,37-,39-/m1/s1. The van der Waals surface area contributed by atoms with Gasteiger partial charge < -0.3 is 33.3 Å². The van der Waals surface area contributed by atoms with Crippen molar-refractivity contribution in [2.75, 3.05) is 13.2 Å². The second-order valence-electron chi connectivity index (χ2n) is 11.7. The molecule has 6 rings (SSSR count). The molecule has 250 valence electrons. The van der Waals surface area contributed by atoms with Gasteiger partial charge >= 0.3 is 5.97 Å². The zero-order valence-corrected chi connectivity index (χ0v) is 27.0. The first-order chi connectivity index (χ1) is 23.6. The van der Waals surface area contributed by atoms with Crippen LogP contribution in [0.2, 0.25) is 0 Å². The van der Waals surface area contributed by atoms with Crippen LogP contribution >= 0.6 is 0 Å². The van der Waals surface area contributed by atoms with Crippen LogP contribution in [0.5, 0.6) is 0 Å². The summed E-state index contributed by atoms with van der Waals surface area (Å²) in [7, 11) is 0. The number of carbonyl (C=O) groups excluding carboxylic acids is 1. The van der Waals surface area contributed by atoms with Crippen LogP contribution < -0.4 is 0 Å². The van der Waals surface area contributed by atoms with Gasteiger partial charge in [0, 0.05) is 0 Å². The summed E-state index contributed by atoms with van der Waals surface area (Å²) in [5.41, 5.74) is 4.06. The SMILES string of the molecule is CCOC(=O)C1=NO[C@@]2(C1)O[C@H](COCc1ccccc1)[C@H](OCc1ccccc1)[C@H](OCc1ccccc1)[C@H]2OCc1ccccc1. The first kappa shape index (κ1) is 33.5. The lowest BCUT2D eigenvalue weighted by Gasteiger charge is -2.49. The Morgan fingerprint density at radius 2 is 1.17 bits per heavy atom. The smallest absolute Gasteiger partial charge is 0.356 e. The van der Waals surface area contributed by atoms with Gasteiger partial charge in [-0.2, -0.15) is 0 Å². The van der Waals surface area contributed by atoms with Crippen LogP contribution in [-0.4, -0.2) is 55.1 Å². The second-order valence-corrected chi connectivity index (χ2v) is 11.7. The van der Waals surface area contributed by atoms with E-state index in [1.165, 1.54) is 0 Å². The van der Waals surface area contributed by atoms with Gasteiger partial charge in [0.25, 0.3) is 5.79 Å². The van der Waals surface area contributed by atoms with Crippen LogP contribution in [0.3, 0.4) is 0 Å². The van der Waals surface area contributed by atoms with Crippen molar-refractivity contribution in [1.29, 1.82) is 0 Å². The van der Waals surface area contributed by atoms with Crippen LogP contribution in [0, 0.1) is 0 Å². The van der Waals surface area contributed by atoms with Crippen LogP contribution in [0.25, 0.3) is 0 Å². The Labute approximate surface area is 281 Å². The number of esters is 1. The molecule has 0 N–H and O–H groups in total. The van der Waals surface area contributed by atoms with Gasteiger partial charge in [-0.1, -0.05) is 126 Å². The Balaban J connectivity index is 1.34. The molecule has 0 saturated carbocycles. The van der Waals surface area contributed by atoms with Gasteiger partial charge in [-0.05, 0) is 29.2 Å². The maximum Gasteiger partial charge on any atom is 0.356 e. The second kappa shape index (κ2) is 16.6. The predicted octanol–water partition coefficient (Wildman–Crippen LogP) is 6.39. The summed E-state index contributed by atoms with van der Waals surface area (Å²) in [6.07, 6.45) is -2.90. The summed E-state index contributed by atoms with van der Waals surface area (Å²) in [6.45, 7) is 3.29. The largest absolute Gasteiger partial charge is 0.461 e. The van der Waals surface area contributed by atoms with Crippen molar-refractivity contribution < 1.29 is 38.1 Å². The fourth-order valence-electron chi connectivity index (χ4n) is 5.89. The van der Waals surface area contributed by atoms with E-state index in [0.717, 1.165) is 22.3 Å². The minimum atomic E-state index is -1.51. The van der Waals surface area contributed by atoms with Gasteiger partial charge in [-0.15, -0.1) is 0 Å². The zero-order valence-electron chi connectivity index (χ0n) is 27.0. The lowest BCUT2D eigenvalue weighted by atomic mass is 9.89. The number of hydrogen-bond donors (Lipinski definition) is 0. The normalized spacial score (nSPS) is 23.4. The molecule has 1 spiro atoms. The average Bonchev–Trinajstić information content (AvgIpc) is 3.56. The molecule has 2 aliphatic rings. The molecule has 48 heavy (non-hydrogen) atoms. The minimum Gasteiger partial charge on any atom is -0.461 e. The Kier molecular flexibility index (Phi) is 11.6. The van der Waals surface area contributed by atoms with Gasteiger partial charge in [-0.25, -0.2) is 4.79 Å². The number of benzene rings is 4. The van der Waals surface area contributed by atoms with E-state index in [1.807, 2.05) is 121 Å². The number of oxime groups is 1. The molecular weight excluding hydrogens is 610 g/mol. The number of hydrogen-bond acceptors (Lipinski definition) is 9. The fourth-order valence-corrected chi connectivity index (χ4v) is 5.89. The maximum atomic E-state index is 12.9. The summed E-state index contributed by atoms with van der Waals surface area (Å²) >= 11 is 0. The molecule has 0 aliphatic carbocycles. The first-order valence-electron chi connectivity index (χ1n) is 16.3. The molecule has 4 aromatic rings. The van der Waals surface area contributed by atoms with Crippen molar-refractivity contribution in [1.82, 2.24) is 0 Å². The lowest BCUT2D eigenvalue weighted by molar-refractivity contribution is -0.375. The number of nitrogens with zero attached hydrogens (tertiary/aromatic N) is 1. The quantitative estimate of drug-likeness (QED) is 0.137. The van der Waals surface area contributed by atoms with E-state index in [1.54, 1.807) is 6.92 Å². The molecule has 0 amide bonds. The molecule has 9 heteroatoms. The highest BCUT2D eigenvalue weighted by Gasteiger charge is 2.62. The Morgan fingerprint density at radius 1 is 0.688 bits per heavy atom. The highest BCUT2D eigenvalue weighted by molar-refractivity contribution is 6.36. The molecular formula is C39H41NO8.